The minimum atomic E-state index is -2.66. The monoisotopic (exact) mass is 458 g/mol. The molecule has 0 radical (unpaired) electrons. The first-order valence-corrected chi connectivity index (χ1v) is 13.7. The van der Waals surface area contributed by atoms with Gasteiger partial charge in [0.05, 0.1) is 11.4 Å². The van der Waals surface area contributed by atoms with E-state index in [-0.39, 0.29) is 17.2 Å². The topological polar surface area (TPSA) is 47.9 Å². The van der Waals surface area contributed by atoms with Crippen LogP contribution in [0.25, 0.3) is 0 Å². The van der Waals surface area contributed by atoms with E-state index in [0.717, 1.165) is 0 Å². The van der Waals surface area contributed by atoms with Crippen LogP contribution < -0.4 is 10.4 Å². The van der Waals surface area contributed by atoms with E-state index in [9.17, 15) is 5.11 Å². The van der Waals surface area contributed by atoms with E-state index in [2.05, 4.69) is 88.4 Å². The van der Waals surface area contributed by atoms with Gasteiger partial charge >= 0.3 is 0 Å². The van der Waals surface area contributed by atoms with Crippen molar-refractivity contribution in [2.75, 3.05) is 6.61 Å². The number of aliphatic hydroxyl groups is 1. The van der Waals surface area contributed by atoms with Crippen molar-refractivity contribution in [2.45, 2.75) is 74.8 Å². The van der Waals surface area contributed by atoms with Crippen LogP contribution in [0, 0.1) is 0 Å². The summed E-state index contributed by atoms with van der Waals surface area (Å²) in [6.07, 6.45) is -0.562. The molecule has 1 N–H and O–H groups in total. The molecule has 2 heterocycles. The maximum Gasteiger partial charge on any atom is 0.261 e. The van der Waals surface area contributed by atoms with Gasteiger partial charge in [-0.25, -0.2) is 0 Å². The summed E-state index contributed by atoms with van der Waals surface area (Å²) in [6.45, 7) is 13.3. The third-order valence-electron chi connectivity index (χ3n) is 6.39. The van der Waals surface area contributed by atoms with Crippen LogP contribution in [0.3, 0.4) is 0 Å². The van der Waals surface area contributed by atoms with E-state index in [1.807, 2.05) is 13.8 Å². The molecule has 4 atom stereocenters. The largest absolute Gasteiger partial charge is 0.406 e. The lowest BCUT2D eigenvalue weighted by molar-refractivity contribution is -0.155. The molecule has 2 aromatic carbocycles. The highest BCUT2D eigenvalue weighted by Gasteiger charge is 2.61. The highest BCUT2D eigenvalue weighted by molar-refractivity contribution is 8.01. The van der Waals surface area contributed by atoms with Crippen molar-refractivity contribution in [1.82, 2.24) is 0 Å². The summed E-state index contributed by atoms with van der Waals surface area (Å²) in [4.78, 5) is 0. The van der Waals surface area contributed by atoms with Gasteiger partial charge in [-0.3, -0.25) is 0 Å². The van der Waals surface area contributed by atoms with Crippen LogP contribution >= 0.6 is 11.8 Å². The van der Waals surface area contributed by atoms with Gasteiger partial charge in [-0.05, 0) is 36.2 Å². The molecule has 4 rings (SSSR count). The van der Waals surface area contributed by atoms with Gasteiger partial charge in [0, 0.05) is 0 Å². The highest BCUT2D eigenvalue weighted by atomic mass is 32.2. The third-order valence-corrected chi connectivity index (χ3v) is 12.8. The molecule has 0 aromatic heterocycles. The van der Waals surface area contributed by atoms with Gasteiger partial charge in [0.1, 0.15) is 17.6 Å². The molecule has 0 spiro atoms. The Morgan fingerprint density at radius 3 is 1.94 bits per heavy atom. The van der Waals surface area contributed by atoms with Crippen LogP contribution in [-0.2, 0) is 13.9 Å². The number of hydrogen-bond donors (Lipinski definition) is 1. The number of benzene rings is 2. The summed E-state index contributed by atoms with van der Waals surface area (Å²) in [6, 6.07) is 21.3. The maximum atomic E-state index is 10.7. The summed E-state index contributed by atoms with van der Waals surface area (Å²) in [5.74, 6) is -0.698. The zero-order chi connectivity index (χ0) is 22.5. The second-order valence-electron chi connectivity index (χ2n) is 10.3. The smallest absolute Gasteiger partial charge is 0.261 e. The van der Waals surface area contributed by atoms with E-state index in [1.54, 1.807) is 0 Å². The number of thioether (sulfide) groups is 1. The molecule has 168 valence electrons. The molecule has 6 heteroatoms. The second-order valence-corrected chi connectivity index (χ2v) is 16.3. The fraction of sp³-hybridized carbons (Fsp3) is 0.520. The van der Waals surface area contributed by atoms with Crippen LogP contribution in [0.2, 0.25) is 5.04 Å². The molecular weight excluding hydrogens is 424 g/mol. The van der Waals surface area contributed by atoms with Crippen LogP contribution in [0.5, 0.6) is 0 Å². The molecule has 2 saturated heterocycles. The number of rotatable bonds is 5. The van der Waals surface area contributed by atoms with Crippen LogP contribution in [0.15, 0.2) is 60.7 Å². The number of aliphatic hydroxyl groups excluding tert-OH is 1. The molecule has 0 aliphatic carbocycles. The van der Waals surface area contributed by atoms with Crippen LogP contribution in [0.4, 0.5) is 0 Å². The first-order valence-electron chi connectivity index (χ1n) is 11.0. The van der Waals surface area contributed by atoms with E-state index < -0.39 is 24.3 Å². The van der Waals surface area contributed by atoms with Crippen molar-refractivity contribution in [3.8, 4) is 0 Å². The van der Waals surface area contributed by atoms with Gasteiger partial charge in [0.15, 0.2) is 5.79 Å². The SMILES string of the molecule is CC1(C)O[C@H]2C(O)S[C@](C)(CO[Si](c3ccccc3)(c3ccccc3)C(C)(C)C)[C@H]2O1. The zero-order valence-corrected chi connectivity index (χ0v) is 21.1. The van der Waals surface area contributed by atoms with Gasteiger partial charge in [-0.2, -0.15) is 0 Å². The summed E-state index contributed by atoms with van der Waals surface area (Å²) in [5.41, 5.74) is -0.625. The molecule has 2 fully saturated rings. The van der Waals surface area contributed by atoms with Crippen LogP contribution in [-0.4, -0.2) is 48.2 Å². The lowest BCUT2D eigenvalue weighted by atomic mass is 10.0. The molecule has 0 saturated carbocycles. The summed E-state index contributed by atoms with van der Waals surface area (Å²) < 4.78 is 19.0. The van der Waals surface area contributed by atoms with Crippen molar-refractivity contribution in [3.63, 3.8) is 0 Å². The summed E-state index contributed by atoms with van der Waals surface area (Å²) in [5, 5.41) is 13.1. The number of fused-ring (bicyclic) bond motifs is 1. The highest BCUT2D eigenvalue weighted by Crippen LogP contribution is 2.52. The first-order chi connectivity index (χ1) is 14.5. The van der Waals surface area contributed by atoms with E-state index >= 15 is 0 Å². The molecule has 1 unspecified atom stereocenters. The molecule has 2 aromatic rings. The van der Waals surface area contributed by atoms with Crippen molar-refractivity contribution >= 4 is 30.5 Å². The Labute approximate surface area is 191 Å². The number of hydrogen-bond acceptors (Lipinski definition) is 5. The minimum Gasteiger partial charge on any atom is -0.406 e. The normalized spacial score (nSPS) is 30.4. The fourth-order valence-electron chi connectivity index (χ4n) is 5.01. The molecule has 2 aliphatic rings. The van der Waals surface area contributed by atoms with Gasteiger partial charge in [-0.15, -0.1) is 11.8 Å². The summed E-state index contributed by atoms with van der Waals surface area (Å²) in [7, 11) is -2.66. The van der Waals surface area contributed by atoms with E-state index in [1.165, 1.54) is 22.1 Å². The van der Waals surface area contributed by atoms with E-state index in [0.29, 0.717) is 6.61 Å². The van der Waals surface area contributed by atoms with Crippen molar-refractivity contribution in [2.24, 2.45) is 0 Å². The molecule has 0 amide bonds. The van der Waals surface area contributed by atoms with Crippen molar-refractivity contribution in [1.29, 1.82) is 0 Å². The number of ether oxygens (including phenoxy) is 2. The lowest BCUT2D eigenvalue weighted by Gasteiger charge is -2.45. The Kier molecular flexibility index (Phi) is 5.95. The fourth-order valence-corrected chi connectivity index (χ4v) is 11.1. The predicted molar refractivity (Wildman–Crippen MR) is 129 cm³/mol. The molecule has 4 nitrogen and oxygen atoms in total. The Hall–Kier alpha value is -1.15. The minimum absolute atomic E-state index is 0.0976. The standard InChI is InChI=1S/C25H34O4SSi/c1-23(2,3)31(18-13-9-7-10-14-18,19-15-11-8-12-16-19)27-17-25(6)21-20(22(26)30-25)28-24(4,5)29-21/h7-16,20-22,26H,17H2,1-6H3/t20-,21+,22?,25-/m1/s1. The van der Waals surface area contributed by atoms with E-state index in [4.69, 9.17) is 13.9 Å². The van der Waals surface area contributed by atoms with Gasteiger partial charge in [-0.1, -0.05) is 81.4 Å². The van der Waals surface area contributed by atoms with Crippen LogP contribution in [0.1, 0.15) is 41.5 Å². The molecular formula is C25H34O4SSi. The lowest BCUT2D eigenvalue weighted by Crippen LogP contribution is -2.67. The Morgan fingerprint density at radius 1 is 0.935 bits per heavy atom. The third kappa shape index (κ3) is 4.03. The molecule has 31 heavy (non-hydrogen) atoms. The average Bonchev–Trinajstić information content (AvgIpc) is 3.15. The summed E-state index contributed by atoms with van der Waals surface area (Å²) >= 11 is 1.51. The van der Waals surface area contributed by atoms with Crippen molar-refractivity contribution < 1.29 is 19.0 Å². The Balaban J connectivity index is 1.74. The Morgan fingerprint density at radius 2 is 1.45 bits per heavy atom. The predicted octanol–water partition coefficient (Wildman–Crippen LogP) is 3.91. The van der Waals surface area contributed by atoms with Gasteiger partial charge in [0.25, 0.3) is 8.32 Å². The zero-order valence-electron chi connectivity index (χ0n) is 19.3. The Bertz CT molecular complexity index is 859. The van der Waals surface area contributed by atoms with Gasteiger partial charge < -0.3 is 19.0 Å². The quantitative estimate of drug-likeness (QED) is 0.689. The van der Waals surface area contributed by atoms with Crippen molar-refractivity contribution in [3.05, 3.63) is 60.7 Å². The second kappa shape index (κ2) is 8.01. The maximum absolute atomic E-state index is 10.7. The average molecular weight is 459 g/mol. The molecule has 0 bridgehead atoms. The first kappa shape index (κ1) is 23.0. The van der Waals surface area contributed by atoms with Gasteiger partial charge in [0.2, 0.25) is 0 Å². The molecule has 2 aliphatic heterocycles.